The second-order valence-corrected chi connectivity index (χ2v) is 5.30. The van der Waals surface area contributed by atoms with E-state index in [9.17, 15) is 30.3 Å². The van der Waals surface area contributed by atoms with Crippen molar-refractivity contribution in [3.8, 4) is 11.1 Å². The Labute approximate surface area is 136 Å². The van der Waals surface area contributed by atoms with Crippen LogP contribution in [-0.2, 0) is 22.4 Å². The molecule has 0 saturated heterocycles. The molecule has 1 aliphatic rings. The first-order chi connectivity index (χ1) is 10.8. The third-order valence-electron chi connectivity index (χ3n) is 3.61. The van der Waals surface area contributed by atoms with Crippen molar-refractivity contribution in [3.63, 3.8) is 0 Å². The molecule has 1 aliphatic carbocycles. The van der Waals surface area contributed by atoms with Crippen LogP contribution in [0.4, 0.5) is 17.1 Å². The fourth-order valence-corrected chi connectivity index (χ4v) is 3.03. The van der Waals surface area contributed by atoms with Crippen LogP contribution in [0.1, 0.15) is 11.1 Å². The Balaban J connectivity index is 2.32. The van der Waals surface area contributed by atoms with E-state index in [1.165, 1.54) is 18.2 Å². The van der Waals surface area contributed by atoms with Crippen molar-refractivity contribution in [1.82, 2.24) is 0 Å². The summed E-state index contributed by atoms with van der Waals surface area (Å²) < 4.78 is -0.0954. The number of nitrogens with zero attached hydrogens (tertiary/aromatic N) is 3. The molecular weight excluding hydrogens is 358 g/mol. The van der Waals surface area contributed by atoms with Gasteiger partial charge in [-0.3, -0.25) is 0 Å². The van der Waals surface area contributed by atoms with Gasteiger partial charge in [0.15, 0.2) is 0 Å². The molecule has 0 unspecified atom stereocenters. The molecule has 3 rings (SSSR count). The van der Waals surface area contributed by atoms with Crippen molar-refractivity contribution >= 4 is 21.5 Å². The Morgan fingerprint density at radius 3 is 2.13 bits per heavy atom. The van der Waals surface area contributed by atoms with E-state index in [1.807, 2.05) is 0 Å². The summed E-state index contributed by atoms with van der Waals surface area (Å²) in [7, 11) is 0. The molecule has 0 spiro atoms. The van der Waals surface area contributed by atoms with Gasteiger partial charge in [0.05, 0.1) is 0 Å². The molecule has 2 aromatic carbocycles. The summed E-state index contributed by atoms with van der Waals surface area (Å²) in [5.74, 6) is 0. The molecule has 0 amide bonds. The topological polar surface area (TPSA) is 129 Å². The van der Waals surface area contributed by atoms with Gasteiger partial charge in [0, 0.05) is 0 Å². The molecule has 120 valence electrons. The Hall–Kier alpha value is -2.84. The summed E-state index contributed by atoms with van der Waals surface area (Å²) in [6.07, 6.45) is 0.0858. The summed E-state index contributed by atoms with van der Waals surface area (Å²) in [6, 6.07) is 4.79. The first kappa shape index (κ1) is 15.1. The van der Waals surface area contributed by atoms with Crippen molar-refractivity contribution in [1.29, 1.82) is 0 Å². The molecule has 0 aliphatic heterocycles. The van der Waals surface area contributed by atoms with E-state index in [1.54, 1.807) is 0 Å². The van der Waals surface area contributed by atoms with Gasteiger partial charge in [-0.25, -0.2) is 0 Å². The van der Waals surface area contributed by atoms with Crippen molar-refractivity contribution in [3.05, 3.63) is 65.7 Å². The monoisotopic (exact) mass is 363 g/mol. The summed E-state index contributed by atoms with van der Waals surface area (Å²) in [5, 5.41) is 33.2. The molecule has 0 radical (unpaired) electrons. The normalized spacial score (nSPS) is 11.7. The predicted molar refractivity (Wildman–Crippen MR) is 74.3 cm³/mol. The number of nitro benzene ring substituents is 3. The molecule has 0 heterocycles. The zero-order valence-corrected chi connectivity index (χ0v) is 12.1. The number of nitro groups is 3. The molecule has 23 heavy (non-hydrogen) atoms. The Morgan fingerprint density at radius 2 is 1.57 bits per heavy atom. The van der Waals surface area contributed by atoms with Gasteiger partial charge in [-0.05, 0) is 0 Å². The first-order valence-electron chi connectivity index (χ1n) is 6.19. The van der Waals surface area contributed by atoms with Gasteiger partial charge in [0.25, 0.3) is 0 Å². The van der Waals surface area contributed by atoms with Crippen molar-refractivity contribution < 1.29 is 30.8 Å². The molecule has 2 aromatic rings. The van der Waals surface area contributed by atoms with Gasteiger partial charge in [-0.2, -0.15) is 0 Å². The quantitative estimate of drug-likeness (QED) is 0.398. The summed E-state index contributed by atoms with van der Waals surface area (Å²) in [4.78, 5) is 31.1. The van der Waals surface area contributed by atoms with Crippen LogP contribution in [0.25, 0.3) is 11.1 Å². The molecule has 0 aromatic heterocycles. The third-order valence-corrected chi connectivity index (χ3v) is 4.13. The zero-order valence-electron chi connectivity index (χ0n) is 11.1. The molecule has 0 bridgehead atoms. The number of hydrogen-bond donors (Lipinski definition) is 0. The van der Waals surface area contributed by atoms with Crippen LogP contribution in [0, 0.1) is 30.3 Å². The summed E-state index contributed by atoms with van der Waals surface area (Å²) in [6.45, 7) is 0. The fourth-order valence-electron chi connectivity index (χ4n) is 2.67. The number of non-ortho nitro benzene ring substituents is 1. The van der Waals surface area contributed by atoms with Gasteiger partial charge in [0.2, 0.25) is 0 Å². The molecule has 9 nitrogen and oxygen atoms in total. The average molecular weight is 364 g/mol. The van der Waals surface area contributed by atoms with Crippen LogP contribution in [-0.4, -0.2) is 14.8 Å². The van der Waals surface area contributed by atoms with Crippen LogP contribution in [0.3, 0.4) is 0 Å². The number of fused-ring (bicyclic) bond motifs is 3. The fraction of sp³-hybridized carbons (Fsp3) is 0.0769. The average Bonchev–Trinajstić information content (AvgIpc) is 2.86. The van der Waals surface area contributed by atoms with Crippen molar-refractivity contribution in [2.75, 3.05) is 0 Å². The number of benzene rings is 2. The molecule has 0 atom stereocenters. The van der Waals surface area contributed by atoms with Gasteiger partial charge in [0.1, 0.15) is 0 Å². The SMILES string of the molecule is O=[N+]([O-])c1ccc2c(c1)Cc1[c]([Cu])c([N+](=O)[O-])cc([N+](=O)[O-])c1-2. The van der Waals surface area contributed by atoms with Crippen LogP contribution >= 0.6 is 0 Å². The van der Waals surface area contributed by atoms with E-state index in [4.69, 9.17) is 16.0 Å². The van der Waals surface area contributed by atoms with Gasteiger partial charge >= 0.3 is 136 Å². The second-order valence-electron chi connectivity index (χ2n) is 4.83. The minimum absolute atomic E-state index is 0.0858. The molecule has 10 heteroatoms. The van der Waals surface area contributed by atoms with Crippen molar-refractivity contribution in [2.45, 2.75) is 6.42 Å². The standard InChI is InChI=1S/C13H6N3O6.Cu/c17-14(18)9-1-2-11-7(4-9)3-8-5-10(15(19)20)6-12(13(8)11)16(21)22;/h1-2,4,6H,3H2;. The number of hydrogen-bond acceptors (Lipinski definition) is 6. The van der Waals surface area contributed by atoms with E-state index in [-0.39, 0.29) is 27.7 Å². The van der Waals surface area contributed by atoms with Crippen LogP contribution < -0.4 is 4.46 Å². The first-order valence-corrected chi connectivity index (χ1v) is 6.66. The van der Waals surface area contributed by atoms with E-state index in [2.05, 4.69) is 0 Å². The van der Waals surface area contributed by atoms with Gasteiger partial charge < -0.3 is 0 Å². The Bertz CT molecular complexity index is 911. The van der Waals surface area contributed by atoms with Gasteiger partial charge in [-0.1, -0.05) is 0 Å². The van der Waals surface area contributed by atoms with Crippen LogP contribution in [0.15, 0.2) is 24.3 Å². The van der Waals surface area contributed by atoms with E-state index in [0.717, 1.165) is 6.07 Å². The Kier molecular flexibility index (Phi) is 3.35. The maximum atomic E-state index is 11.3. The third kappa shape index (κ3) is 2.24. The van der Waals surface area contributed by atoms with Gasteiger partial charge in [-0.15, -0.1) is 0 Å². The number of rotatable bonds is 3. The van der Waals surface area contributed by atoms with E-state index >= 15 is 0 Å². The molecule has 0 N–H and O–H groups in total. The predicted octanol–water partition coefficient (Wildman–Crippen LogP) is 2.15. The van der Waals surface area contributed by atoms with Crippen molar-refractivity contribution in [2.24, 2.45) is 0 Å². The maximum absolute atomic E-state index is 11.3. The van der Waals surface area contributed by atoms with Crippen LogP contribution in [0.5, 0.6) is 0 Å². The van der Waals surface area contributed by atoms with E-state index < -0.39 is 26.1 Å². The van der Waals surface area contributed by atoms with Crippen LogP contribution in [0.2, 0.25) is 0 Å². The zero-order chi connectivity index (χ0) is 16.9. The molecular formula is C13H6CuN3O6. The summed E-state index contributed by atoms with van der Waals surface area (Å²) in [5.41, 5.74) is 0.307. The second kappa shape index (κ2) is 5.11. The minimum atomic E-state index is -0.768. The molecule has 0 fully saturated rings. The summed E-state index contributed by atoms with van der Waals surface area (Å²) >= 11 is 5.25. The molecule has 0 saturated carbocycles. The van der Waals surface area contributed by atoms with E-state index in [0.29, 0.717) is 11.1 Å². The Morgan fingerprint density at radius 1 is 0.913 bits per heavy atom.